The molecular weight excluding hydrogens is 235 g/mol. The highest BCUT2D eigenvalue weighted by molar-refractivity contribution is 5.31. The van der Waals surface area contributed by atoms with Gasteiger partial charge >= 0.3 is 6.18 Å². The summed E-state index contributed by atoms with van der Waals surface area (Å²) in [6, 6.07) is 0.768. The van der Waals surface area contributed by atoms with Crippen LogP contribution in [0.3, 0.4) is 0 Å². The van der Waals surface area contributed by atoms with Gasteiger partial charge in [-0.3, -0.25) is 0 Å². The molecule has 0 saturated heterocycles. The Labute approximate surface area is 96.5 Å². The lowest BCUT2D eigenvalue weighted by molar-refractivity contribution is -0.141. The summed E-state index contributed by atoms with van der Waals surface area (Å²) in [6.45, 7) is 3.70. The first kappa shape index (κ1) is 13.3. The predicted molar refractivity (Wildman–Crippen MR) is 56.9 cm³/mol. The molecule has 1 N–H and O–H groups in total. The first-order valence-corrected chi connectivity index (χ1v) is 4.85. The van der Waals surface area contributed by atoms with Gasteiger partial charge in [0.25, 0.3) is 0 Å². The molecule has 1 heterocycles. The van der Waals surface area contributed by atoms with Crippen LogP contribution in [-0.2, 0) is 6.18 Å². The van der Waals surface area contributed by atoms with Crippen molar-refractivity contribution in [3.8, 4) is 5.88 Å². The molecule has 0 saturated carbocycles. The van der Waals surface area contributed by atoms with E-state index in [2.05, 4.69) is 21.9 Å². The third-order valence-electron chi connectivity index (χ3n) is 1.79. The van der Waals surface area contributed by atoms with Gasteiger partial charge in [0.1, 0.15) is 0 Å². The average molecular weight is 247 g/mol. The molecule has 0 amide bonds. The van der Waals surface area contributed by atoms with Crippen LogP contribution in [0.2, 0.25) is 0 Å². The minimum atomic E-state index is -4.52. The van der Waals surface area contributed by atoms with E-state index in [1.165, 1.54) is 7.05 Å². The highest BCUT2D eigenvalue weighted by atomic mass is 19.4. The molecule has 0 spiro atoms. The second-order valence-electron chi connectivity index (χ2n) is 3.09. The number of nitrogens with zero attached hydrogens (tertiary/aromatic N) is 2. The molecule has 0 radical (unpaired) electrons. The van der Waals surface area contributed by atoms with Crippen LogP contribution in [-0.4, -0.2) is 23.6 Å². The molecule has 1 aromatic heterocycles. The van der Waals surface area contributed by atoms with Crippen LogP contribution in [0.4, 0.5) is 19.1 Å². The third kappa shape index (κ3) is 3.93. The molecule has 7 heteroatoms. The van der Waals surface area contributed by atoms with Crippen LogP contribution >= 0.6 is 0 Å². The number of alkyl halides is 3. The Kier molecular flexibility index (Phi) is 4.30. The zero-order valence-corrected chi connectivity index (χ0v) is 9.21. The van der Waals surface area contributed by atoms with Crippen molar-refractivity contribution in [1.29, 1.82) is 0 Å². The summed E-state index contributed by atoms with van der Waals surface area (Å²) in [5.74, 6) is -0.244. The number of hydrogen-bond donors (Lipinski definition) is 1. The summed E-state index contributed by atoms with van der Waals surface area (Å²) >= 11 is 0. The van der Waals surface area contributed by atoms with Gasteiger partial charge in [-0.2, -0.15) is 18.2 Å². The van der Waals surface area contributed by atoms with Crippen molar-refractivity contribution in [3.05, 3.63) is 24.4 Å². The van der Waals surface area contributed by atoms with Crippen molar-refractivity contribution < 1.29 is 17.9 Å². The van der Waals surface area contributed by atoms with Gasteiger partial charge in [0.15, 0.2) is 5.69 Å². The molecule has 0 aliphatic carbocycles. The quantitative estimate of drug-likeness (QED) is 0.641. The molecular formula is C10H12F3N3O. The number of anilines is 1. The Bertz CT molecular complexity index is 393. The fraction of sp³-hybridized carbons (Fsp3) is 0.400. The number of halogens is 3. The number of ether oxygens (including phenoxy) is 1. The van der Waals surface area contributed by atoms with Crippen LogP contribution in [0.15, 0.2) is 18.7 Å². The first-order valence-electron chi connectivity index (χ1n) is 4.85. The van der Waals surface area contributed by atoms with Crippen molar-refractivity contribution in [3.63, 3.8) is 0 Å². The monoisotopic (exact) mass is 247 g/mol. The molecule has 0 fully saturated rings. The highest BCUT2D eigenvalue weighted by Gasteiger charge is 2.33. The lowest BCUT2D eigenvalue weighted by atomic mass is 10.4. The van der Waals surface area contributed by atoms with Gasteiger partial charge in [0, 0.05) is 13.1 Å². The lowest BCUT2D eigenvalue weighted by Crippen LogP contribution is -2.12. The Balaban J connectivity index is 2.93. The van der Waals surface area contributed by atoms with Crippen LogP contribution < -0.4 is 10.1 Å². The largest absolute Gasteiger partial charge is 0.477 e. The zero-order valence-electron chi connectivity index (χ0n) is 9.21. The smallest absolute Gasteiger partial charge is 0.433 e. The van der Waals surface area contributed by atoms with Gasteiger partial charge in [-0.15, -0.1) is 6.58 Å². The summed E-state index contributed by atoms with van der Waals surface area (Å²) in [5, 5.41) is 2.45. The summed E-state index contributed by atoms with van der Waals surface area (Å²) < 4.78 is 42.5. The van der Waals surface area contributed by atoms with Crippen LogP contribution in [0.1, 0.15) is 12.1 Å². The summed E-state index contributed by atoms with van der Waals surface area (Å²) in [6.07, 6.45) is -2.39. The van der Waals surface area contributed by atoms with Crippen molar-refractivity contribution >= 4 is 5.95 Å². The van der Waals surface area contributed by atoms with E-state index >= 15 is 0 Å². The van der Waals surface area contributed by atoms with Crippen LogP contribution in [0, 0.1) is 0 Å². The molecule has 4 nitrogen and oxygen atoms in total. The molecule has 0 bridgehead atoms. The van der Waals surface area contributed by atoms with Crippen molar-refractivity contribution in [2.75, 3.05) is 19.0 Å². The number of hydrogen-bond acceptors (Lipinski definition) is 4. The Morgan fingerprint density at radius 2 is 2.18 bits per heavy atom. The maximum Gasteiger partial charge on any atom is 0.433 e. The molecule has 1 rings (SSSR count). The maximum absolute atomic E-state index is 12.5. The maximum atomic E-state index is 12.5. The van der Waals surface area contributed by atoms with E-state index in [0.717, 1.165) is 6.07 Å². The molecule has 94 valence electrons. The number of aromatic nitrogens is 2. The molecule has 0 aromatic carbocycles. The number of rotatable bonds is 5. The van der Waals surface area contributed by atoms with E-state index in [-0.39, 0.29) is 18.4 Å². The van der Waals surface area contributed by atoms with Gasteiger partial charge in [-0.1, -0.05) is 6.08 Å². The van der Waals surface area contributed by atoms with Gasteiger partial charge < -0.3 is 10.1 Å². The van der Waals surface area contributed by atoms with E-state index in [1.807, 2.05) is 0 Å². The lowest BCUT2D eigenvalue weighted by Gasteiger charge is -2.10. The summed E-state index contributed by atoms with van der Waals surface area (Å²) in [4.78, 5) is 7.06. The SMILES string of the molecule is C=CCCOc1cc(C(F)(F)F)nc(NC)n1. The van der Waals surface area contributed by atoms with Gasteiger partial charge in [0.2, 0.25) is 11.8 Å². The van der Waals surface area contributed by atoms with Crippen LogP contribution in [0.5, 0.6) is 5.88 Å². The van der Waals surface area contributed by atoms with Crippen molar-refractivity contribution in [2.24, 2.45) is 0 Å². The minimum absolute atomic E-state index is 0.112. The Hall–Kier alpha value is -1.79. The zero-order chi connectivity index (χ0) is 12.9. The van der Waals surface area contributed by atoms with E-state index < -0.39 is 11.9 Å². The summed E-state index contributed by atoms with van der Waals surface area (Å²) in [5.41, 5.74) is -1.04. The predicted octanol–water partition coefficient (Wildman–Crippen LogP) is 2.49. The van der Waals surface area contributed by atoms with Crippen LogP contribution in [0.25, 0.3) is 0 Å². The van der Waals surface area contributed by atoms with Crippen molar-refractivity contribution in [1.82, 2.24) is 9.97 Å². The third-order valence-corrected chi connectivity index (χ3v) is 1.79. The molecule has 0 aliphatic rings. The molecule has 0 unspecified atom stereocenters. The fourth-order valence-corrected chi connectivity index (χ4v) is 1.00. The normalized spacial score (nSPS) is 11.1. The van der Waals surface area contributed by atoms with Gasteiger partial charge in [0.05, 0.1) is 6.61 Å². The van der Waals surface area contributed by atoms with Gasteiger partial charge in [-0.25, -0.2) is 4.98 Å². The average Bonchev–Trinajstić information content (AvgIpc) is 2.28. The fourth-order valence-electron chi connectivity index (χ4n) is 1.00. The van der Waals surface area contributed by atoms with E-state index in [9.17, 15) is 13.2 Å². The minimum Gasteiger partial charge on any atom is -0.477 e. The highest BCUT2D eigenvalue weighted by Crippen LogP contribution is 2.30. The second kappa shape index (κ2) is 5.51. The first-order chi connectivity index (χ1) is 7.97. The van der Waals surface area contributed by atoms with Crippen molar-refractivity contribution in [2.45, 2.75) is 12.6 Å². The molecule has 0 aliphatic heterocycles. The number of nitrogens with one attached hydrogen (secondary N) is 1. The van der Waals surface area contributed by atoms with E-state index in [1.54, 1.807) is 6.08 Å². The topological polar surface area (TPSA) is 47.0 Å². The van der Waals surface area contributed by atoms with E-state index in [0.29, 0.717) is 6.42 Å². The Morgan fingerprint density at radius 1 is 1.47 bits per heavy atom. The Morgan fingerprint density at radius 3 is 2.71 bits per heavy atom. The molecule has 17 heavy (non-hydrogen) atoms. The molecule has 0 atom stereocenters. The second-order valence-corrected chi connectivity index (χ2v) is 3.09. The van der Waals surface area contributed by atoms with E-state index in [4.69, 9.17) is 4.74 Å². The molecule has 1 aromatic rings. The van der Waals surface area contributed by atoms with Gasteiger partial charge in [-0.05, 0) is 6.42 Å². The summed E-state index contributed by atoms with van der Waals surface area (Å²) in [7, 11) is 1.43. The standard InChI is InChI=1S/C10H12F3N3O/c1-3-4-5-17-8-6-7(10(11,12)13)15-9(14-2)16-8/h3,6H,1,4-5H2,2H3,(H,14,15,16).